The summed E-state index contributed by atoms with van der Waals surface area (Å²) in [6.45, 7) is 2.01. The summed E-state index contributed by atoms with van der Waals surface area (Å²) in [5, 5.41) is 0. The standard InChI is InChI=1S/C19H14N2OS/c1-13(11-14-7-3-2-4-8-14)12-17-18(22)21-16-10-6-5-9-15(16)20-19(21)23-17/h2-12H,1H3/b13-11+,17-12-. The number of allylic oxidation sites excluding steroid dienone is 1. The lowest BCUT2D eigenvalue weighted by Gasteiger charge is -1.93. The van der Waals surface area contributed by atoms with Crippen LogP contribution in [0.25, 0.3) is 28.1 Å². The first-order valence-electron chi connectivity index (χ1n) is 7.37. The lowest BCUT2D eigenvalue weighted by molar-refractivity contribution is 1.19. The molecular weight excluding hydrogens is 304 g/mol. The molecule has 0 radical (unpaired) electrons. The van der Waals surface area contributed by atoms with Crippen molar-refractivity contribution in [2.75, 3.05) is 0 Å². The average molecular weight is 318 g/mol. The molecule has 0 aliphatic heterocycles. The van der Waals surface area contributed by atoms with Crippen molar-refractivity contribution in [3.05, 3.63) is 80.6 Å². The molecule has 23 heavy (non-hydrogen) atoms. The van der Waals surface area contributed by atoms with Gasteiger partial charge in [-0.15, -0.1) is 0 Å². The van der Waals surface area contributed by atoms with Gasteiger partial charge in [0.15, 0.2) is 4.96 Å². The number of hydrogen-bond acceptors (Lipinski definition) is 3. The fraction of sp³-hybridized carbons (Fsp3) is 0.0526. The van der Waals surface area contributed by atoms with E-state index in [4.69, 9.17) is 0 Å². The van der Waals surface area contributed by atoms with E-state index < -0.39 is 0 Å². The van der Waals surface area contributed by atoms with Crippen molar-refractivity contribution < 1.29 is 0 Å². The zero-order valence-corrected chi connectivity index (χ0v) is 13.4. The molecule has 0 aliphatic carbocycles. The minimum atomic E-state index is -0.000452. The van der Waals surface area contributed by atoms with Crippen LogP contribution in [0, 0.1) is 0 Å². The van der Waals surface area contributed by atoms with Gasteiger partial charge in [0, 0.05) is 0 Å². The van der Waals surface area contributed by atoms with Gasteiger partial charge in [-0.3, -0.25) is 4.79 Å². The van der Waals surface area contributed by atoms with Gasteiger partial charge in [-0.2, -0.15) is 0 Å². The molecule has 0 atom stereocenters. The zero-order chi connectivity index (χ0) is 15.8. The molecule has 0 fully saturated rings. The minimum Gasteiger partial charge on any atom is -0.267 e. The van der Waals surface area contributed by atoms with Crippen molar-refractivity contribution in [3.8, 4) is 0 Å². The number of thiazole rings is 1. The maximum Gasteiger partial charge on any atom is 0.274 e. The van der Waals surface area contributed by atoms with E-state index in [-0.39, 0.29) is 5.56 Å². The highest BCUT2D eigenvalue weighted by Gasteiger charge is 2.10. The number of benzene rings is 2. The van der Waals surface area contributed by atoms with Crippen LogP contribution in [0.15, 0.2) is 65.0 Å². The van der Waals surface area contributed by atoms with Crippen LogP contribution in [0.2, 0.25) is 0 Å². The first-order valence-corrected chi connectivity index (χ1v) is 8.19. The summed E-state index contributed by atoms with van der Waals surface area (Å²) in [7, 11) is 0. The molecular formula is C19H14N2OS. The van der Waals surface area contributed by atoms with Gasteiger partial charge in [0.2, 0.25) is 0 Å². The molecule has 0 N–H and O–H groups in total. The summed E-state index contributed by atoms with van der Waals surface area (Å²) in [5.74, 6) is 0. The van der Waals surface area contributed by atoms with E-state index in [1.54, 1.807) is 4.40 Å². The Hall–Kier alpha value is -2.72. The average Bonchev–Trinajstić information content (AvgIpc) is 3.05. The molecule has 0 unspecified atom stereocenters. The smallest absolute Gasteiger partial charge is 0.267 e. The van der Waals surface area contributed by atoms with Gasteiger partial charge in [0.1, 0.15) is 0 Å². The number of para-hydroxylation sites is 2. The fourth-order valence-corrected chi connectivity index (χ4v) is 3.71. The highest BCUT2D eigenvalue weighted by molar-refractivity contribution is 7.15. The quantitative estimate of drug-likeness (QED) is 0.567. The van der Waals surface area contributed by atoms with E-state index in [2.05, 4.69) is 11.1 Å². The highest BCUT2D eigenvalue weighted by atomic mass is 32.1. The number of fused-ring (bicyclic) bond motifs is 3. The first-order chi connectivity index (χ1) is 11.2. The van der Waals surface area contributed by atoms with E-state index in [9.17, 15) is 4.79 Å². The maximum absolute atomic E-state index is 12.7. The van der Waals surface area contributed by atoms with Gasteiger partial charge in [-0.25, -0.2) is 9.38 Å². The summed E-state index contributed by atoms with van der Waals surface area (Å²) in [6, 6.07) is 17.8. The Balaban J connectivity index is 1.87. The molecule has 0 amide bonds. The van der Waals surface area contributed by atoms with Crippen LogP contribution >= 0.6 is 11.3 Å². The lowest BCUT2D eigenvalue weighted by atomic mass is 10.1. The monoisotopic (exact) mass is 318 g/mol. The third-order valence-corrected chi connectivity index (χ3v) is 4.67. The highest BCUT2D eigenvalue weighted by Crippen LogP contribution is 2.15. The second kappa shape index (κ2) is 5.48. The summed E-state index contributed by atoms with van der Waals surface area (Å²) < 4.78 is 2.41. The second-order valence-electron chi connectivity index (χ2n) is 5.43. The van der Waals surface area contributed by atoms with Gasteiger partial charge >= 0.3 is 0 Å². The zero-order valence-electron chi connectivity index (χ0n) is 12.6. The summed E-state index contributed by atoms with van der Waals surface area (Å²) in [4.78, 5) is 17.9. The molecule has 4 heteroatoms. The topological polar surface area (TPSA) is 34.4 Å². The lowest BCUT2D eigenvalue weighted by Crippen LogP contribution is -2.22. The first kappa shape index (κ1) is 13.9. The molecule has 4 aromatic rings. The predicted molar refractivity (Wildman–Crippen MR) is 96.6 cm³/mol. The van der Waals surface area contributed by atoms with E-state index in [1.807, 2.05) is 67.6 Å². The maximum atomic E-state index is 12.7. The molecule has 0 saturated carbocycles. The molecule has 4 rings (SSSR count). The molecule has 0 saturated heterocycles. The molecule has 2 heterocycles. The van der Waals surface area contributed by atoms with Gasteiger partial charge in [0.05, 0.1) is 15.6 Å². The van der Waals surface area contributed by atoms with Crippen LogP contribution in [0.1, 0.15) is 12.5 Å². The van der Waals surface area contributed by atoms with Crippen molar-refractivity contribution in [3.63, 3.8) is 0 Å². The number of rotatable bonds is 2. The van der Waals surface area contributed by atoms with Crippen molar-refractivity contribution >= 4 is 39.5 Å². The third-order valence-electron chi connectivity index (χ3n) is 3.70. The number of aromatic nitrogens is 2. The Labute approximate surface area is 136 Å². The third kappa shape index (κ3) is 2.47. The Morgan fingerprint density at radius 1 is 1.09 bits per heavy atom. The van der Waals surface area contributed by atoms with Gasteiger partial charge in [0.25, 0.3) is 5.56 Å². The van der Waals surface area contributed by atoms with Crippen LogP contribution in [0.4, 0.5) is 0 Å². The fourth-order valence-electron chi connectivity index (χ4n) is 2.67. The van der Waals surface area contributed by atoms with Crippen LogP contribution in [0.3, 0.4) is 0 Å². The van der Waals surface area contributed by atoms with E-state index >= 15 is 0 Å². The van der Waals surface area contributed by atoms with Crippen LogP contribution in [-0.4, -0.2) is 9.38 Å². The number of nitrogens with zero attached hydrogens (tertiary/aromatic N) is 2. The largest absolute Gasteiger partial charge is 0.274 e. The van der Waals surface area contributed by atoms with Crippen molar-refractivity contribution in [2.45, 2.75) is 6.92 Å². The molecule has 112 valence electrons. The SMILES string of the molecule is CC(/C=c1\sc2nc3ccccc3n2c1=O)=C\c1ccccc1. The molecule has 2 aromatic carbocycles. The van der Waals surface area contributed by atoms with E-state index in [0.717, 1.165) is 27.1 Å². The normalized spacial score (nSPS) is 13.3. The number of hydrogen-bond donors (Lipinski definition) is 0. The van der Waals surface area contributed by atoms with Gasteiger partial charge in [-0.1, -0.05) is 59.9 Å². The van der Waals surface area contributed by atoms with Crippen LogP contribution in [-0.2, 0) is 0 Å². The Bertz CT molecular complexity index is 1140. The summed E-state index contributed by atoms with van der Waals surface area (Å²) >= 11 is 1.43. The molecule has 0 spiro atoms. The van der Waals surface area contributed by atoms with Crippen molar-refractivity contribution in [2.24, 2.45) is 0 Å². The van der Waals surface area contributed by atoms with Gasteiger partial charge < -0.3 is 0 Å². The second-order valence-corrected chi connectivity index (χ2v) is 6.44. The minimum absolute atomic E-state index is 0.000452. The van der Waals surface area contributed by atoms with Gasteiger partial charge in [-0.05, 0) is 36.3 Å². The van der Waals surface area contributed by atoms with E-state index in [1.165, 1.54) is 11.3 Å². The Morgan fingerprint density at radius 2 is 1.83 bits per heavy atom. The van der Waals surface area contributed by atoms with Crippen molar-refractivity contribution in [1.29, 1.82) is 0 Å². The predicted octanol–water partition coefficient (Wildman–Crippen LogP) is 3.51. The Morgan fingerprint density at radius 3 is 2.65 bits per heavy atom. The summed E-state index contributed by atoms with van der Waals surface area (Å²) in [5.41, 5.74) is 3.90. The molecule has 0 aliphatic rings. The molecule has 0 bridgehead atoms. The van der Waals surface area contributed by atoms with Crippen LogP contribution < -0.4 is 10.1 Å². The van der Waals surface area contributed by atoms with Crippen LogP contribution in [0.5, 0.6) is 0 Å². The number of imidazole rings is 1. The van der Waals surface area contributed by atoms with E-state index in [0.29, 0.717) is 4.53 Å². The molecule has 3 nitrogen and oxygen atoms in total. The molecule has 2 aromatic heterocycles. The Kier molecular flexibility index (Phi) is 3.32. The summed E-state index contributed by atoms with van der Waals surface area (Å²) in [6.07, 6.45) is 4.00. The van der Waals surface area contributed by atoms with Crippen molar-refractivity contribution in [1.82, 2.24) is 9.38 Å².